The lowest BCUT2D eigenvalue weighted by Crippen LogP contribution is -2.16. The number of benzene rings is 1. The zero-order chi connectivity index (χ0) is 14.6. The van der Waals surface area contributed by atoms with E-state index in [1.54, 1.807) is 30.3 Å². The summed E-state index contributed by atoms with van der Waals surface area (Å²) in [5.41, 5.74) is 7.05. The molecule has 0 radical (unpaired) electrons. The minimum atomic E-state index is -3.80. The number of aliphatic hydroxyl groups is 1. The van der Waals surface area contributed by atoms with Gasteiger partial charge >= 0.3 is 0 Å². The Morgan fingerprint density at radius 3 is 2.50 bits per heavy atom. The lowest BCUT2D eigenvalue weighted by atomic mass is 10.1. The first-order chi connectivity index (χ1) is 9.53. The first-order valence-electron chi connectivity index (χ1n) is 5.96. The third-order valence-corrected chi connectivity index (χ3v) is 4.02. The summed E-state index contributed by atoms with van der Waals surface area (Å²) in [6, 6.07) is 9.79. The van der Waals surface area contributed by atoms with E-state index in [1.807, 2.05) is 0 Å². The maximum absolute atomic E-state index is 12.1. The summed E-state index contributed by atoms with van der Waals surface area (Å²) in [5.74, 6) is 0. The molecule has 1 heterocycles. The molecule has 1 aromatic heterocycles. The molecule has 7 heteroatoms. The lowest BCUT2D eigenvalue weighted by Gasteiger charge is -2.09. The monoisotopic (exact) mass is 293 g/mol. The summed E-state index contributed by atoms with van der Waals surface area (Å²) >= 11 is 0. The molecule has 106 valence electrons. The van der Waals surface area contributed by atoms with Gasteiger partial charge in [0, 0.05) is 18.5 Å². The molecule has 6 nitrogen and oxygen atoms in total. The van der Waals surface area contributed by atoms with Gasteiger partial charge in [-0.05, 0) is 36.2 Å². The number of nitrogens with one attached hydrogen (secondary N) is 1. The van der Waals surface area contributed by atoms with Crippen molar-refractivity contribution in [3.05, 3.63) is 48.2 Å². The molecule has 2 rings (SSSR count). The number of pyridine rings is 1. The van der Waals surface area contributed by atoms with Crippen LogP contribution < -0.4 is 10.5 Å². The van der Waals surface area contributed by atoms with Crippen molar-refractivity contribution in [1.82, 2.24) is 4.98 Å². The van der Waals surface area contributed by atoms with Crippen LogP contribution in [0.25, 0.3) is 0 Å². The van der Waals surface area contributed by atoms with Crippen LogP contribution in [0.5, 0.6) is 0 Å². The van der Waals surface area contributed by atoms with Gasteiger partial charge in [-0.3, -0.25) is 4.72 Å². The van der Waals surface area contributed by atoms with Gasteiger partial charge in [0.2, 0.25) is 0 Å². The van der Waals surface area contributed by atoms with Gasteiger partial charge < -0.3 is 10.8 Å². The summed E-state index contributed by atoms with van der Waals surface area (Å²) in [6.45, 7) is 0.0511. The second-order valence-corrected chi connectivity index (χ2v) is 5.77. The third kappa shape index (κ3) is 3.25. The zero-order valence-electron chi connectivity index (χ0n) is 10.7. The van der Waals surface area contributed by atoms with E-state index in [0.717, 1.165) is 5.56 Å². The van der Waals surface area contributed by atoms with Gasteiger partial charge in [-0.2, -0.15) is 8.42 Å². The van der Waals surface area contributed by atoms with Crippen LogP contribution in [0.1, 0.15) is 5.56 Å². The number of nitrogens with zero attached hydrogens (tertiary/aromatic N) is 1. The average Bonchev–Trinajstić information content (AvgIpc) is 2.41. The molecule has 0 aliphatic carbocycles. The van der Waals surface area contributed by atoms with Crippen molar-refractivity contribution in [3.8, 4) is 0 Å². The number of rotatable bonds is 5. The number of anilines is 2. The summed E-state index contributed by atoms with van der Waals surface area (Å²) in [7, 11) is -3.80. The van der Waals surface area contributed by atoms with E-state index in [9.17, 15) is 8.42 Å². The van der Waals surface area contributed by atoms with Gasteiger partial charge in [-0.25, -0.2) is 4.98 Å². The number of nitrogens with two attached hydrogens (primary N) is 1. The van der Waals surface area contributed by atoms with Crippen LogP contribution in [0.3, 0.4) is 0 Å². The fraction of sp³-hybridized carbons (Fsp3) is 0.154. The van der Waals surface area contributed by atoms with Crippen LogP contribution in [-0.2, 0) is 16.4 Å². The van der Waals surface area contributed by atoms with E-state index in [2.05, 4.69) is 9.71 Å². The van der Waals surface area contributed by atoms with Gasteiger partial charge in [0.15, 0.2) is 5.03 Å². The summed E-state index contributed by atoms with van der Waals surface area (Å²) < 4.78 is 26.7. The molecular weight excluding hydrogens is 278 g/mol. The molecule has 1 aromatic carbocycles. The van der Waals surface area contributed by atoms with Gasteiger partial charge in [-0.15, -0.1) is 0 Å². The molecule has 20 heavy (non-hydrogen) atoms. The molecule has 0 fully saturated rings. The van der Waals surface area contributed by atoms with Crippen LogP contribution in [0.2, 0.25) is 0 Å². The Morgan fingerprint density at radius 2 is 1.90 bits per heavy atom. The van der Waals surface area contributed by atoms with Crippen LogP contribution in [0.4, 0.5) is 11.4 Å². The number of hydrogen-bond donors (Lipinski definition) is 3. The molecular formula is C13H15N3O3S. The van der Waals surface area contributed by atoms with Crippen molar-refractivity contribution >= 4 is 21.4 Å². The SMILES string of the molecule is Nc1cccnc1S(=O)(=O)Nc1ccc(CCO)cc1. The van der Waals surface area contributed by atoms with Crippen molar-refractivity contribution in [2.75, 3.05) is 17.1 Å². The highest BCUT2D eigenvalue weighted by Gasteiger charge is 2.18. The van der Waals surface area contributed by atoms with Crippen molar-refractivity contribution in [1.29, 1.82) is 0 Å². The second-order valence-electron chi connectivity index (χ2n) is 4.17. The standard InChI is InChI=1S/C13H15N3O3S/c14-12-2-1-8-15-13(12)20(18,19)16-11-5-3-10(4-6-11)7-9-17/h1-6,8,16-17H,7,9,14H2. The Hall–Kier alpha value is -2.12. The highest BCUT2D eigenvalue weighted by atomic mass is 32.2. The molecule has 0 saturated carbocycles. The van der Waals surface area contributed by atoms with Crippen LogP contribution in [-0.4, -0.2) is 25.1 Å². The number of hydrogen-bond acceptors (Lipinski definition) is 5. The van der Waals surface area contributed by atoms with E-state index in [4.69, 9.17) is 10.8 Å². The second kappa shape index (κ2) is 5.89. The molecule has 0 amide bonds. The number of nitrogen functional groups attached to an aromatic ring is 1. The summed E-state index contributed by atoms with van der Waals surface area (Å²) in [4.78, 5) is 3.78. The molecule has 2 aromatic rings. The van der Waals surface area contributed by atoms with Crippen LogP contribution in [0, 0.1) is 0 Å². The van der Waals surface area contributed by atoms with Gasteiger partial charge in [0.1, 0.15) is 0 Å². The summed E-state index contributed by atoms with van der Waals surface area (Å²) in [5, 5.41) is 8.63. The van der Waals surface area contributed by atoms with Crippen molar-refractivity contribution in [2.45, 2.75) is 11.4 Å². The highest BCUT2D eigenvalue weighted by molar-refractivity contribution is 7.92. The maximum Gasteiger partial charge on any atom is 0.281 e. The van der Waals surface area contributed by atoms with E-state index in [0.29, 0.717) is 12.1 Å². The Kier molecular flexibility index (Phi) is 4.21. The van der Waals surface area contributed by atoms with Crippen LogP contribution >= 0.6 is 0 Å². The van der Waals surface area contributed by atoms with Gasteiger partial charge in [0.05, 0.1) is 5.69 Å². The van der Waals surface area contributed by atoms with Gasteiger partial charge in [0.25, 0.3) is 10.0 Å². The molecule has 0 unspecified atom stereocenters. The molecule has 0 aliphatic heterocycles. The largest absolute Gasteiger partial charge is 0.396 e. The quantitative estimate of drug-likeness (QED) is 0.762. The minimum absolute atomic E-state index is 0.0511. The first-order valence-corrected chi connectivity index (χ1v) is 7.44. The predicted octanol–water partition coefficient (Wildman–Crippen LogP) is 0.999. The third-order valence-electron chi connectivity index (χ3n) is 2.66. The lowest BCUT2D eigenvalue weighted by molar-refractivity contribution is 0.299. The fourth-order valence-corrected chi connectivity index (χ4v) is 2.82. The molecule has 0 saturated heterocycles. The molecule has 4 N–H and O–H groups in total. The van der Waals surface area contributed by atoms with Crippen molar-refractivity contribution in [3.63, 3.8) is 0 Å². The van der Waals surface area contributed by atoms with E-state index in [-0.39, 0.29) is 17.3 Å². The summed E-state index contributed by atoms with van der Waals surface area (Å²) in [6.07, 6.45) is 1.90. The Labute approximate surface area is 117 Å². The van der Waals surface area contributed by atoms with Crippen LogP contribution in [0.15, 0.2) is 47.6 Å². The number of sulfonamides is 1. The van der Waals surface area contributed by atoms with E-state index in [1.165, 1.54) is 12.3 Å². The minimum Gasteiger partial charge on any atom is -0.396 e. The maximum atomic E-state index is 12.1. The number of aliphatic hydroxyl groups excluding tert-OH is 1. The Morgan fingerprint density at radius 1 is 1.20 bits per heavy atom. The molecule has 0 atom stereocenters. The predicted molar refractivity (Wildman–Crippen MR) is 76.7 cm³/mol. The first kappa shape index (κ1) is 14.3. The smallest absolute Gasteiger partial charge is 0.281 e. The topological polar surface area (TPSA) is 105 Å². The molecule has 0 aliphatic rings. The number of aromatic nitrogens is 1. The normalized spacial score (nSPS) is 11.2. The molecule has 0 spiro atoms. The highest BCUT2D eigenvalue weighted by Crippen LogP contribution is 2.19. The van der Waals surface area contributed by atoms with E-state index >= 15 is 0 Å². The Bertz CT molecular complexity index is 684. The fourth-order valence-electron chi connectivity index (χ4n) is 1.70. The molecule has 0 bridgehead atoms. The van der Waals surface area contributed by atoms with Crippen molar-refractivity contribution in [2.24, 2.45) is 0 Å². The zero-order valence-corrected chi connectivity index (χ0v) is 11.5. The van der Waals surface area contributed by atoms with Crippen molar-refractivity contribution < 1.29 is 13.5 Å². The van der Waals surface area contributed by atoms with E-state index < -0.39 is 10.0 Å². The van der Waals surface area contributed by atoms with Gasteiger partial charge in [-0.1, -0.05) is 12.1 Å². The average molecular weight is 293 g/mol. The Balaban J connectivity index is 2.22.